The zero-order valence-corrected chi connectivity index (χ0v) is 17.2. The van der Waals surface area contributed by atoms with Gasteiger partial charge in [0.1, 0.15) is 0 Å². The van der Waals surface area contributed by atoms with Gasteiger partial charge in [0.05, 0.1) is 30.0 Å². The Morgan fingerprint density at radius 2 is 2.26 bits per heavy atom. The zero-order valence-electron chi connectivity index (χ0n) is 16.4. The molecule has 2 amide bonds. The molecule has 3 rings (SSSR count). The highest BCUT2D eigenvalue weighted by Gasteiger charge is 2.19. The lowest BCUT2D eigenvalue weighted by atomic mass is 9.89. The summed E-state index contributed by atoms with van der Waals surface area (Å²) < 4.78 is 6.10. The highest BCUT2D eigenvalue weighted by atomic mass is 32.1. The Kier molecular flexibility index (Phi) is 6.85. The van der Waals surface area contributed by atoms with Crippen LogP contribution in [0.1, 0.15) is 48.9 Å². The molecule has 2 atom stereocenters. The number of thiazole rings is 1. The molecule has 27 heavy (non-hydrogen) atoms. The third-order valence-corrected chi connectivity index (χ3v) is 5.79. The van der Waals surface area contributed by atoms with Crippen LogP contribution in [0.4, 0.5) is 10.5 Å². The second-order valence-electron chi connectivity index (χ2n) is 7.55. The first-order valence-electron chi connectivity index (χ1n) is 9.63. The van der Waals surface area contributed by atoms with E-state index in [4.69, 9.17) is 4.74 Å². The molecule has 1 aromatic carbocycles. The summed E-state index contributed by atoms with van der Waals surface area (Å²) in [6.45, 7) is 5.36. The van der Waals surface area contributed by atoms with E-state index >= 15 is 0 Å². The number of nitrogens with zero attached hydrogens (tertiary/aromatic N) is 2. The molecule has 2 aromatic rings. The largest absolute Gasteiger partial charge is 0.374 e. The maximum absolute atomic E-state index is 12.4. The summed E-state index contributed by atoms with van der Waals surface area (Å²) in [7, 11) is 1.78. The van der Waals surface area contributed by atoms with Crippen LogP contribution in [0, 0.1) is 12.8 Å². The molecule has 1 aromatic heterocycles. The van der Waals surface area contributed by atoms with E-state index in [1.165, 1.54) is 12.8 Å². The Labute approximate surface area is 165 Å². The average molecular weight is 388 g/mol. The normalized spacial score (nSPS) is 19.7. The number of benzene rings is 1. The number of hydrogen-bond acceptors (Lipinski definition) is 4. The van der Waals surface area contributed by atoms with Gasteiger partial charge in [-0.3, -0.25) is 0 Å². The first-order chi connectivity index (χ1) is 13.0. The molecule has 0 bridgehead atoms. The van der Waals surface area contributed by atoms with Gasteiger partial charge in [-0.25, -0.2) is 9.78 Å². The molecule has 5 nitrogen and oxygen atoms in total. The van der Waals surface area contributed by atoms with Gasteiger partial charge in [-0.2, -0.15) is 0 Å². The Hall–Kier alpha value is -1.92. The van der Waals surface area contributed by atoms with Crippen molar-refractivity contribution >= 4 is 23.1 Å². The summed E-state index contributed by atoms with van der Waals surface area (Å²) in [5.41, 5.74) is 2.79. The minimum Gasteiger partial charge on any atom is -0.374 e. The number of urea groups is 1. The minimum atomic E-state index is -0.139. The van der Waals surface area contributed by atoms with Crippen molar-refractivity contribution in [3.8, 4) is 0 Å². The van der Waals surface area contributed by atoms with Crippen molar-refractivity contribution in [3.63, 3.8) is 0 Å². The summed E-state index contributed by atoms with van der Waals surface area (Å²) in [6, 6.07) is 7.76. The maximum Gasteiger partial charge on any atom is 0.321 e. The average Bonchev–Trinajstić information content (AvgIpc) is 3.05. The van der Waals surface area contributed by atoms with Gasteiger partial charge in [-0.1, -0.05) is 31.9 Å². The maximum atomic E-state index is 12.4. The fourth-order valence-corrected chi connectivity index (χ4v) is 4.10. The molecular formula is C21H29N3O2S. The molecule has 1 aliphatic carbocycles. The fraction of sp³-hybridized carbons (Fsp3) is 0.524. The number of ether oxygens (including phenoxy) is 1. The number of nitrogens with one attached hydrogen (secondary N) is 1. The second-order valence-corrected chi connectivity index (χ2v) is 8.61. The molecule has 1 saturated carbocycles. The number of carbonyl (C=O) groups is 1. The van der Waals surface area contributed by atoms with Gasteiger partial charge in [0.2, 0.25) is 0 Å². The van der Waals surface area contributed by atoms with Gasteiger partial charge in [0.25, 0.3) is 0 Å². The van der Waals surface area contributed by atoms with Gasteiger partial charge in [-0.15, -0.1) is 11.3 Å². The first kappa shape index (κ1) is 19.8. The van der Waals surface area contributed by atoms with E-state index in [9.17, 15) is 4.79 Å². The fourth-order valence-electron chi connectivity index (χ4n) is 3.50. The summed E-state index contributed by atoms with van der Waals surface area (Å²) >= 11 is 1.60. The van der Waals surface area contributed by atoms with Crippen LogP contribution in [0.15, 0.2) is 29.6 Å². The molecule has 1 heterocycles. The van der Waals surface area contributed by atoms with Crippen LogP contribution in [-0.2, 0) is 17.9 Å². The van der Waals surface area contributed by atoms with E-state index in [2.05, 4.69) is 17.2 Å². The Bertz CT molecular complexity index is 761. The number of aryl methyl sites for hydroxylation is 1. The quantitative estimate of drug-likeness (QED) is 0.740. The molecule has 1 N–H and O–H groups in total. The van der Waals surface area contributed by atoms with E-state index in [0.29, 0.717) is 19.3 Å². The first-order valence-corrected chi connectivity index (χ1v) is 10.5. The van der Waals surface area contributed by atoms with Crippen molar-refractivity contribution in [1.29, 1.82) is 0 Å². The highest BCUT2D eigenvalue weighted by Crippen LogP contribution is 2.26. The van der Waals surface area contributed by atoms with E-state index < -0.39 is 0 Å². The van der Waals surface area contributed by atoms with Gasteiger partial charge < -0.3 is 15.0 Å². The third-order valence-electron chi connectivity index (χ3n) is 4.96. The molecule has 0 spiro atoms. The predicted octanol–water partition coefficient (Wildman–Crippen LogP) is 5.21. The van der Waals surface area contributed by atoms with E-state index in [-0.39, 0.29) is 6.03 Å². The molecule has 2 unspecified atom stereocenters. The van der Waals surface area contributed by atoms with Crippen LogP contribution < -0.4 is 5.32 Å². The Morgan fingerprint density at radius 3 is 3.00 bits per heavy atom. The van der Waals surface area contributed by atoms with E-state index in [1.54, 1.807) is 23.3 Å². The van der Waals surface area contributed by atoms with Gasteiger partial charge in [0, 0.05) is 18.1 Å². The number of hydrogen-bond donors (Lipinski definition) is 1. The van der Waals surface area contributed by atoms with Crippen molar-refractivity contribution < 1.29 is 9.53 Å². The van der Waals surface area contributed by atoms with Crippen molar-refractivity contribution in [1.82, 2.24) is 9.88 Å². The zero-order chi connectivity index (χ0) is 19.2. The summed E-state index contributed by atoms with van der Waals surface area (Å²) in [5, 5.41) is 5.96. The van der Waals surface area contributed by atoms with Crippen LogP contribution in [0.25, 0.3) is 0 Å². The molecule has 0 saturated heterocycles. The molecule has 0 aliphatic heterocycles. The lowest BCUT2D eigenvalue weighted by Crippen LogP contribution is -2.31. The van der Waals surface area contributed by atoms with Crippen molar-refractivity contribution in [2.24, 2.45) is 5.92 Å². The van der Waals surface area contributed by atoms with Gasteiger partial charge >= 0.3 is 6.03 Å². The van der Waals surface area contributed by atoms with Crippen LogP contribution in [0.2, 0.25) is 0 Å². The monoisotopic (exact) mass is 387 g/mol. The molecular weight excluding hydrogens is 358 g/mol. The number of aromatic nitrogens is 1. The molecule has 0 radical (unpaired) electrons. The van der Waals surface area contributed by atoms with Crippen molar-refractivity contribution in [3.05, 3.63) is 45.9 Å². The number of carbonyl (C=O) groups excluding carboxylic acids is 1. The van der Waals surface area contributed by atoms with Crippen molar-refractivity contribution in [2.45, 2.75) is 58.8 Å². The number of amides is 2. The summed E-state index contributed by atoms with van der Waals surface area (Å²) in [4.78, 5) is 18.5. The van der Waals surface area contributed by atoms with Gasteiger partial charge in [-0.05, 0) is 43.4 Å². The summed E-state index contributed by atoms with van der Waals surface area (Å²) in [5.74, 6) is 0.756. The van der Waals surface area contributed by atoms with Crippen LogP contribution in [0.5, 0.6) is 0 Å². The van der Waals surface area contributed by atoms with Crippen LogP contribution in [-0.4, -0.2) is 29.1 Å². The summed E-state index contributed by atoms with van der Waals surface area (Å²) in [6.07, 6.45) is 5.24. The van der Waals surface area contributed by atoms with Gasteiger partial charge in [0.15, 0.2) is 0 Å². The van der Waals surface area contributed by atoms with E-state index in [0.717, 1.165) is 40.7 Å². The predicted molar refractivity (Wildman–Crippen MR) is 110 cm³/mol. The SMILES string of the molecule is Cc1nc(CN(C)C(=O)Nc2cccc(COC3CCCC(C)C3)c2)cs1. The van der Waals surface area contributed by atoms with Crippen LogP contribution >= 0.6 is 11.3 Å². The third kappa shape index (κ3) is 6.04. The highest BCUT2D eigenvalue weighted by molar-refractivity contribution is 7.09. The molecule has 146 valence electrons. The number of rotatable bonds is 6. The molecule has 1 aliphatic rings. The standard InChI is InChI=1S/C21H29N3O2S/c1-15-6-4-9-20(10-15)26-13-17-7-5-8-18(11-17)23-21(25)24(3)12-19-14-27-16(2)22-19/h5,7-8,11,14-15,20H,4,6,9-10,12-13H2,1-3H3,(H,23,25). The molecule has 6 heteroatoms. The number of anilines is 1. The smallest absolute Gasteiger partial charge is 0.321 e. The Morgan fingerprint density at radius 1 is 1.41 bits per heavy atom. The Balaban J connectivity index is 1.51. The topological polar surface area (TPSA) is 54.5 Å². The van der Waals surface area contributed by atoms with E-state index in [1.807, 2.05) is 36.6 Å². The van der Waals surface area contributed by atoms with Crippen LogP contribution in [0.3, 0.4) is 0 Å². The molecule has 1 fully saturated rings. The van der Waals surface area contributed by atoms with Crippen molar-refractivity contribution in [2.75, 3.05) is 12.4 Å². The second kappa shape index (κ2) is 9.33. The lowest BCUT2D eigenvalue weighted by Gasteiger charge is -2.26. The lowest BCUT2D eigenvalue weighted by molar-refractivity contribution is 0.00468. The minimum absolute atomic E-state index is 0.139.